The van der Waals surface area contributed by atoms with Crippen LogP contribution in [0.5, 0.6) is 5.75 Å². The Balaban J connectivity index is 0.000000641. The van der Waals surface area contributed by atoms with Crippen LogP contribution in [0.3, 0.4) is 0 Å². The molecule has 35 heavy (non-hydrogen) atoms. The third kappa shape index (κ3) is 9.60. The largest absolute Gasteiger partial charge is 0.493 e. The van der Waals surface area contributed by atoms with Gasteiger partial charge in [-0.2, -0.15) is 13.2 Å². The summed E-state index contributed by atoms with van der Waals surface area (Å²) in [5.41, 5.74) is 0.623. The molecule has 2 aromatic carbocycles. The number of carboxylic acid groups (broad SMARTS) is 2. The summed E-state index contributed by atoms with van der Waals surface area (Å²) < 4.78 is 44.8. The van der Waals surface area contributed by atoms with E-state index in [-0.39, 0.29) is 11.7 Å². The van der Waals surface area contributed by atoms with Gasteiger partial charge in [-0.15, -0.1) is 0 Å². The van der Waals surface area contributed by atoms with Gasteiger partial charge >= 0.3 is 18.1 Å². The zero-order chi connectivity index (χ0) is 25.8. The van der Waals surface area contributed by atoms with Crippen LogP contribution in [0, 0.1) is 5.92 Å². The summed E-state index contributed by atoms with van der Waals surface area (Å²) in [5.74, 6) is -2.74. The average Bonchev–Trinajstić information content (AvgIpc) is 2.83. The van der Waals surface area contributed by atoms with Crippen LogP contribution in [0.2, 0.25) is 0 Å². The summed E-state index contributed by atoms with van der Waals surface area (Å²) in [5, 5.41) is 14.8. The number of piperidine rings is 1. The highest BCUT2D eigenvalue weighted by Crippen LogP contribution is 2.35. The predicted molar refractivity (Wildman–Crippen MR) is 125 cm³/mol. The molecule has 0 unspecified atom stereocenters. The van der Waals surface area contributed by atoms with E-state index < -0.39 is 23.7 Å². The second-order valence-electron chi connectivity index (χ2n) is 8.52. The number of halogens is 3. The van der Waals surface area contributed by atoms with E-state index in [4.69, 9.17) is 24.5 Å². The smallest absolute Gasteiger partial charge is 0.416 e. The lowest BCUT2D eigenvalue weighted by Gasteiger charge is -2.39. The Hall–Kier alpha value is -3.07. The monoisotopic (exact) mass is 495 g/mol. The minimum absolute atomic E-state index is 0.252. The van der Waals surface area contributed by atoms with Gasteiger partial charge in [0.25, 0.3) is 0 Å². The van der Waals surface area contributed by atoms with E-state index in [9.17, 15) is 13.2 Å². The van der Waals surface area contributed by atoms with Gasteiger partial charge in [0.1, 0.15) is 5.75 Å². The maximum Gasteiger partial charge on any atom is 0.416 e. The fraction of sp³-hybridized carbons (Fsp3) is 0.462. The number of rotatable bonds is 8. The SMILES string of the molecule is CCCCCN1CC[C@@H](c2ccccc2)[C@H](COc2cccc(C(F)(F)F)c2)C1.O=C(O)C(=O)O. The zero-order valence-corrected chi connectivity index (χ0v) is 19.7. The third-order valence-electron chi connectivity index (χ3n) is 5.93. The fourth-order valence-corrected chi connectivity index (χ4v) is 4.17. The Morgan fingerprint density at radius 1 is 1.03 bits per heavy atom. The molecule has 1 heterocycles. The van der Waals surface area contributed by atoms with Crippen molar-refractivity contribution in [3.63, 3.8) is 0 Å². The number of unbranched alkanes of at least 4 members (excludes halogenated alkanes) is 2. The number of nitrogens with zero attached hydrogens (tertiary/aromatic N) is 1. The van der Waals surface area contributed by atoms with Crippen molar-refractivity contribution in [1.29, 1.82) is 0 Å². The normalized spacial score (nSPS) is 18.3. The molecule has 2 atom stereocenters. The summed E-state index contributed by atoms with van der Waals surface area (Å²) in [6.07, 6.45) is 0.305. The molecular formula is C26H32F3NO5. The van der Waals surface area contributed by atoms with Gasteiger partial charge in [-0.3, -0.25) is 0 Å². The van der Waals surface area contributed by atoms with Gasteiger partial charge in [0.15, 0.2) is 0 Å². The quantitative estimate of drug-likeness (QED) is 0.370. The third-order valence-corrected chi connectivity index (χ3v) is 5.93. The van der Waals surface area contributed by atoms with Crippen molar-refractivity contribution in [3.05, 3.63) is 65.7 Å². The number of hydrogen-bond acceptors (Lipinski definition) is 4. The molecule has 0 aliphatic carbocycles. The van der Waals surface area contributed by atoms with E-state index in [0.717, 1.165) is 38.2 Å². The standard InChI is InChI=1S/C24H30F3NO.C2H2O4/c1-2-3-7-14-28-15-13-23(19-9-5-4-6-10-19)20(17-28)18-29-22-12-8-11-21(16-22)24(25,26)27;3-1(4)2(5)6/h4-6,8-12,16,20,23H,2-3,7,13-15,17-18H2,1H3;(H,3,4)(H,5,6)/t20-,23-;/m0./s1. The van der Waals surface area contributed by atoms with Crippen molar-refractivity contribution in [2.24, 2.45) is 5.92 Å². The molecule has 192 valence electrons. The molecule has 0 bridgehead atoms. The molecule has 1 fully saturated rings. The van der Waals surface area contributed by atoms with E-state index in [1.807, 2.05) is 18.2 Å². The average molecular weight is 496 g/mol. The summed E-state index contributed by atoms with van der Waals surface area (Å²) in [6, 6.07) is 15.6. The zero-order valence-electron chi connectivity index (χ0n) is 19.7. The minimum Gasteiger partial charge on any atom is -0.493 e. The van der Waals surface area contributed by atoms with Crippen LogP contribution < -0.4 is 4.74 Å². The second kappa shape index (κ2) is 13.7. The highest BCUT2D eigenvalue weighted by molar-refractivity contribution is 6.27. The fourth-order valence-electron chi connectivity index (χ4n) is 4.17. The van der Waals surface area contributed by atoms with Crippen molar-refractivity contribution in [2.75, 3.05) is 26.2 Å². The predicted octanol–water partition coefficient (Wildman–Crippen LogP) is 5.54. The highest BCUT2D eigenvalue weighted by atomic mass is 19.4. The molecule has 0 amide bonds. The van der Waals surface area contributed by atoms with Crippen LogP contribution in [0.1, 0.15) is 49.7 Å². The Bertz CT molecular complexity index is 924. The summed E-state index contributed by atoms with van der Waals surface area (Å²) in [7, 11) is 0. The van der Waals surface area contributed by atoms with E-state index in [0.29, 0.717) is 12.5 Å². The lowest BCUT2D eigenvalue weighted by molar-refractivity contribution is -0.159. The molecule has 2 aromatic rings. The molecule has 1 aliphatic rings. The summed E-state index contributed by atoms with van der Waals surface area (Å²) in [4.78, 5) is 20.7. The van der Waals surface area contributed by atoms with Gasteiger partial charge in [0, 0.05) is 12.5 Å². The van der Waals surface area contributed by atoms with Gasteiger partial charge in [-0.1, -0.05) is 56.2 Å². The van der Waals surface area contributed by atoms with Crippen LogP contribution in [-0.2, 0) is 15.8 Å². The van der Waals surface area contributed by atoms with Crippen molar-refractivity contribution < 1.29 is 37.7 Å². The first-order chi connectivity index (χ1) is 16.6. The van der Waals surface area contributed by atoms with Crippen LogP contribution >= 0.6 is 0 Å². The van der Waals surface area contributed by atoms with Crippen LogP contribution in [0.4, 0.5) is 13.2 Å². The van der Waals surface area contributed by atoms with E-state index in [1.165, 1.54) is 30.9 Å². The molecule has 0 aromatic heterocycles. The maximum absolute atomic E-state index is 13.0. The van der Waals surface area contributed by atoms with Gasteiger partial charge in [-0.05, 0) is 55.6 Å². The topological polar surface area (TPSA) is 87.1 Å². The lowest BCUT2D eigenvalue weighted by Crippen LogP contribution is -2.42. The number of likely N-dealkylation sites (tertiary alicyclic amines) is 1. The summed E-state index contributed by atoms with van der Waals surface area (Å²) in [6.45, 7) is 5.68. The Labute approximate surface area is 203 Å². The number of benzene rings is 2. The number of carbonyl (C=O) groups is 2. The second-order valence-corrected chi connectivity index (χ2v) is 8.52. The Kier molecular flexibility index (Phi) is 11.0. The number of ether oxygens (including phenoxy) is 1. The molecule has 6 nitrogen and oxygen atoms in total. The van der Waals surface area contributed by atoms with Crippen LogP contribution in [0.25, 0.3) is 0 Å². The maximum atomic E-state index is 13.0. The molecule has 1 aliphatic heterocycles. The molecule has 0 spiro atoms. The molecule has 1 saturated heterocycles. The Morgan fingerprint density at radius 2 is 1.71 bits per heavy atom. The molecular weight excluding hydrogens is 463 g/mol. The van der Waals surface area contributed by atoms with Crippen LogP contribution in [-0.4, -0.2) is 53.3 Å². The number of hydrogen-bond donors (Lipinski definition) is 2. The number of aliphatic carboxylic acids is 2. The first-order valence-corrected chi connectivity index (χ1v) is 11.6. The van der Waals surface area contributed by atoms with E-state index in [1.54, 1.807) is 6.07 Å². The number of carboxylic acids is 2. The van der Waals surface area contributed by atoms with Crippen molar-refractivity contribution in [3.8, 4) is 5.75 Å². The molecule has 3 rings (SSSR count). The van der Waals surface area contributed by atoms with Gasteiger partial charge in [0.05, 0.1) is 12.2 Å². The highest BCUT2D eigenvalue weighted by Gasteiger charge is 2.32. The van der Waals surface area contributed by atoms with Crippen LogP contribution in [0.15, 0.2) is 54.6 Å². The van der Waals surface area contributed by atoms with E-state index in [2.05, 4.69) is 24.0 Å². The molecule has 0 radical (unpaired) electrons. The van der Waals surface area contributed by atoms with Gasteiger partial charge in [-0.25, -0.2) is 9.59 Å². The molecule has 2 N–H and O–H groups in total. The first-order valence-electron chi connectivity index (χ1n) is 11.6. The minimum atomic E-state index is -4.35. The van der Waals surface area contributed by atoms with Gasteiger partial charge in [0.2, 0.25) is 0 Å². The van der Waals surface area contributed by atoms with E-state index >= 15 is 0 Å². The van der Waals surface area contributed by atoms with Crippen molar-refractivity contribution in [2.45, 2.75) is 44.7 Å². The first kappa shape index (κ1) is 28.2. The molecule has 9 heteroatoms. The van der Waals surface area contributed by atoms with Gasteiger partial charge < -0.3 is 19.8 Å². The Morgan fingerprint density at radius 3 is 2.31 bits per heavy atom. The summed E-state index contributed by atoms with van der Waals surface area (Å²) >= 11 is 0. The lowest BCUT2D eigenvalue weighted by atomic mass is 9.81. The van der Waals surface area contributed by atoms with Crippen molar-refractivity contribution >= 4 is 11.9 Å². The van der Waals surface area contributed by atoms with Crippen molar-refractivity contribution in [1.82, 2.24) is 4.90 Å². The molecule has 0 saturated carbocycles. The number of alkyl halides is 3.